The van der Waals surface area contributed by atoms with E-state index in [2.05, 4.69) is 28.4 Å². The second kappa shape index (κ2) is 6.95. The molecule has 21 heavy (non-hydrogen) atoms. The first-order valence-electron chi connectivity index (χ1n) is 8.36. The minimum Gasteiger partial charge on any atom is -0.370 e. The standard InChI is InChI=1S/C18H25N3/c19-13-15-8-10-18(11-9-15)21-12-4-7-17(14-21)20-16-5-2-1-3-6-16/h8-11,16-17,20H,1-7,12,14H2. The first kappa shape index (κ1) is 14.4. The number of benzene rings is 1. The fourth-order valence-electron chi connectivity index (χ4n) is 3.70. The van der Waals surface area contributed by atoms with Crippen molar-refractivity contribution in [2.45, 2.75) is 57.0 Å². The van der Waals surface area contributed by atoms with Crippen LogP contribution in [0.1, 0.15) is 50.5 Å². The third-order valence-electron chi connectivity index (χ3n) is 4.86. The molecular formula is C18H25N3. The van der Waals surface area contributed by atoms with Crippen LogP contribution in [0.5, 0.6) is 0 Å². The third kappa shape index (κ3) is 3.77. The Morgan fingerprint density at radius 2 is 1.67 bits per heavy atom. The fraction of sp³-hybridized carbons (Fsp3) is 0.611. The number of hydrogen-bond donors (Lipinski definition) is 1. The minimum absolute atomic E-state index is 0.623. The van der Waals surface area contributed by atoms with Gasteiger partial charge in [0, 0.05) is 30.9 Å². The van der Waals surface area contributed by atoms with E-state index in [0.29, 0.717) is 6.04 Å². The van der Waals surface area contributed by atoms with Crippen LogP contribution in [-0.2, 0) is 0 Å². The summed E-state index contributed by atoms with van der Waals surface area (Å²) in [6.07, 6.45) is 9.46. The fourth-order valence-corrected chi connectivity index (χ4v) is 3.70. The highest BCUT2D eigenvalue weighted by atomic mass is 15.2. The number of nitriles is 1. The van der Waals surface area contributed by atoms with Gasteiger partial charge in [0.25, 0.3) is 0 Å². The number of anilines is 1. The van der Waals surface area contributed by atoms with Gasteiger partial charge in [-0.1, -0.05) is 19.3 Å². The molecule has 2 aliphatic rings. The summed E-state index contributed by atoms with van der Waals surface area (Å²) in [5.74, 6) is 0. The van der Waals surface area contributed by atoms with E-state index in [1.165, 1.54) is 50.6 Å². The van der Waals surface area contributed by atoms with Crippen molar-refractivity contribution < 1.29 is 0 Å². The summed E-state index contributed by atoms with van der Waals surface area (Å²) in [4.78, 5) is 2.46. The van der Waals surface area contributed by atoms with E-state index in [9.17, 15) is 0 Å². The van der Waals surface area contributed by atoms with Crippen molar-refractivity contribution >= 4 is 5.69 Å². The summed E-state index contributed by atoms with van der Waals surface area (Å²) >= 11 is 0. The Kier molecular flexibility index (Phi) is 4.77. The molecular weight excluding hydrogens is 258 g/mol. The van der Waals surface area contributed by atoms with Crippen LogP contribution in [0.15, 0.2) is 24.3 Å². The highest BCUT2D eigenvalue weighted by Gasteiger charge is 2.23. The molecule has 112 valence electrons. The van der Waals surface area contributed by atoms with Crippen LogP contribution in [0.2, 0.25) is 0 Å². The summed E-state index contributed by atoms with van der Waals surface area (Å²) in [7, 11) is 0. The molecule has 1 aromatic carbocycles. The van der Waals surface area contributed by atoms with E-state index in [-0.39, 0.29) is 0 Å². The lowest BCUT2D eigenvalue weighted by Gasteiger charge is -2.37. The highest BCUT2D eigenvalue weighted by Crippen LogP contribution is 2.23. The van der Waals surface area contributed by atoms with E-state index in [1.54, 1.807) is 0 Å². The minimum atomic E-state index is 0.623. The zero-order valence-electron chi connectivity index (χ0n) is 12.7. The maximum atomic E-state index is 8.89. The summed E-state index contributed by atoms with van der Waals surface area (Å²) < 4.78 is 0. The molecule has 1 aliphatic heterocycles. The molecule has 3 heteroatoms. The Bertz CT molecular complexity index is 482. The normalized spacial score (nSPS) is 23.8. The van der Waals surface area contributed by atoms with Crippen LogP contribution in [0.25, 0.3) is 0 Å². The Morgan fingerprint density at radius 1 is 0.952 bits per heavy atom. The van der Waals surface area contributed by atoms with Gasteiger partial charge in [-0.25, -0.2) is 0 Å². The van der Waals surface area contributed by atoms with Gasteiger partial charge in [-0.05, 0) is 49.9 Å². The number of piperidine rings is 1. The lowest BCUT2D eigenvalue weighted by Crippen LogP contribution is -2.49. The van der Waals surface area contributed by atoms with Gasteiger partial charge in [0.2, 0.25) is 0 Å². The molecule has 0 radical (unpaired) electrons. The van der Waals surface area contributed by atoms with Crippen molar-refractivity contribution in [1.82, 2.24) is 5.32 Å². The predicted molar refractivity (Wildman–Crippen MR) is 86.4 cm³/mol. The Hall–Kier alpha value is -1.53. The highest BCUT2D eigenvalue weighted by molar-refractivity contribution is 5.50. The third-order valence-corrected chi connectivity index (χ3v) is 4.86. The molecule has 1 aliphatic carbocycles. The lowest BCUT2D eigenvalue weighted by molar-refractivity contribution is 0.312. The first-order chi connectivity index (χ1) is 10.3. The summed E-state index contributed by atoms with van der Waals surface area (Å²) in [5.41, 5.74) is 2.00. The van der Waals surface area contributed by atoms with Gasteiger partial charge < -0.3 is 10.2 Å². The quantitative estimate of drug-likeness (QED) is 0.923. The first-order valence-corrected chi connectivity index (χ1v) is 8.36. The van der Waals surface area contributed by atoms with Crippen LogP contribution in [0.4, 0.5) is 5.69 Å². The van der Waals surface area contributed by atoms with Gasteiger partial charge >= 0.3 is 0 Å². The van der Waals surface area contributed by atoms with E-state index in [4.69, 9.17) is 5.26 Å². The molecule has 3 rings (SSSR count). The maximum absolute atomic E-state index is 8.89. The van der Waals surface area contributed by atoms with Gasteiger partial charge in [0.05, 0.1) is 11.6 Å². The van der Waals surface area contributed by atoms with Crippen LogP contribution in [0, 0.1) is 11.3 Å². The Labute approximate surface area is 128 Å². The topological polar surface area (TPSA) is 39.1 Å². The van der Waals surface area contributed by atoms with Crippen molar-refractivity contribution in [3.05, 3.63) is 29.8 Å². The van der Waals surface area contributed by atoms with Crippen molar-refractivity contribution in [3.63, 3.8) is 0 Å². The smallest absolute Gasteiger partial charge is 0.0991 e. The van der Waals surface area contributed by atoms with Gasteiger partial charge in [0.1, 0.15) is 0 Å². The van der Waals surface area contributed by atoms with Crippen LogP contribution in [0.3, 0.4) is 0 Å². The van der Waals surface area contributed by atoms with Crippen molar-refractivity contribution in [2.75, 3.05) is 18.0 Å². The molecule has 0 amide bonds. The molecule has 1 atom stereocenters. The largest absolute Gasteiger partial charge is 0.370 e. The molecule has 1 saturated carbocycles. The zero-order valence-corrected chi connectivity index (χ0v) is 12.7. The van der Waals surface area contributed by atoms with Gasteiger partial charge in [0.15, 0.2) is 0 Å². The molecule has 1 heterocycles. The molecule has 2 fully saturated rings. The monoisotopic (exact) mass is 283 g/mol. The van der Waals surface area contributed by atoms with Crippen molar-refractivity contribution in [2.24, 2.45) is 0 Å². The molecule has 1 N–H and O–H groups in total. The Balaban J connectivity index is 1.58. The second-order valence-corrected chi connectivity index (χ2v) is 6.45. The van der Waals surface area contributed by atoms with Gasteiger partial charge in [-0.3, -0.25) is 0 Å². The molecule has 1 unspecified atom stereocenters. The lowest BCUT2D eigenvalue weighted by atomic mass is 9.93. The summed E-state index contributed by atoms with van der Waals surface area (Å²) in [6, 6.07) is 11.6. The van der Waals surface area contributed by atoms with Crippen LogP contribution in [-0.4, -0.2) is 25.2 Å². The molecule has 0 spiro atoms. The summed E-state index contributed by atoms with van der Waals surface area (Å²) in [6.45, 7) is 2.23. The average Bonchev–Trinajstić information content (AvgIpc) is 2.56. The van der Waals surface area contributed by atoms with Crippen LogP contribution < -0.4 is 10.2 Å². The van der Waals surface area contributed by atoms with Crippen LogP contribution >= 0.6 is 0 Å². The number of nitrogens with zero attached hydrogens (tertiary/aromatic N) is 2. The summed E-state index contributed by atoms with van der Waals surface area (Å²) in [5, 5.41) is 12.8. The van der Waals surface area contributed by atoms with Crippen molar-refractivity contribution in [1.29, 1.82) is 5.26 Å². The molecule has 1 aromatic rings. The number of nitrogens with one attached hydrogen (secondary N) is 1. The average molecular weight is 283 g/mol. The molecule has 0 aromatic heterocycles. The van der Waals surface area contributed by atoms with E-state index in [1.807, 2.05) is 12.1 Å². The van der Waals surface area contributed by atoms with Gasteiger partial charge in [-0.2, -0.15) is 5.26 Å². The van der Waals surface area contributed by atoms with E-state index in [0.717, 1.165) is 24.7 Å². The molecule has 0 bridgehead atoms. The second-order valence-electron chi connectivity index (χ2n) is 6.45. The van der Waals surface area contributed by atoms with E-state index >= 15 is 0 Å². The number of rotatable bonds is 3. The van der Waals surface area contributed by atoms with E-state index < -0.39 is 0 Å². The molecule has 1 saturated heterocycles. The maximum Gasteiger partial charge on any atom is 0.0991 e. The number of hydrogen-bond acceptors (Lipinski definition) is 3. The predicted octanol–water partition coefficient (Wildman–Crippen LogP) is 3.45. The Morgan fingerprint density at radius 3 is 2.38 bits per heavy atom. The van der Waals surface area contributed by atoms with Crippen molar-refractivity contribution in [3.8, 4) is 6.07 Å². The SMILES string of the molecule is N#Cc1ccc(N2CCCC(NC3CCCCC3)C2)cc1. The van der Waals surface area contributed by atoms with Gasteiger partial charge in [-0.15, -0.1) is 0 Å². The zero-order chi connectivity index (χ0) is 14.5. The molecule has 3 nitrogen and oxygen atoms in total.